The van der Waals surface area contributed by atoms with Crippen LogP contribution >= 0.6 is 11.6 Å². The molecule has 2 N–H and O–H groups in total. The average Bonchev–Trinajstić information content (AvgIpc) is 2.57. The van der Waals surface area contributed by atoms with E-state index in [0.29, 0.717) is 16.5 Å². The molecular weight excluding hydrogens is 265 g/mol. The Bertz CT molecular complexity index is 582. The molecule has 3 nitrogen and oxygen atoms in total. The lowest BCUT2D eigenvalue weighted by Gasteiger charge is -2.16. The fourth-order valence-corrected chi connectivity index (χ4v) is 2.04. The molecule has 0 unspecified atom stereocenters. The molecular formula is C14H17ClFN3. The number of halogens is 2. The van der Waals surface area contributed by atoms with Crippen molar-refractivity contribution >= 4 is 17.4 Å². The lowest BCUT2D eigenvalue weighted by molar-refractivity contribution is 0.405. The van der Waals surface area contributed by atoms with Gasteiger partial charge >= 0.3 is 0 Å². The highest BCUT2D eigenvalue weighted by Gasteiger charge is 2.20. The van der Waals surface area contributed by atoms with Crippen LogP contribution in [0.25, 0.3) is 5.69 Å². The van der Waals surface area contributed by atoms with Crippen molar-refractivity contribution in [2.24, 2.45) is 5.41 Å². The Morgan fingerprint density at radius 3 is 2.37 bits per heavy atom. The van der Waals surface area contributed by atoms with Crippen molar-refractivity contribution in [3.63, 3.8) is 0 Å². The summed E-state index contributed by atoms with van der Waals surface area (Å²) in [5.41, 5.74) is 7.49. The first-order valence-corrected chi connectivity index (χ1v) is 6.44. The summed E-state index contributed by atoms with van der Waals surface area (Å²) >= 11 is 6.22. The highest BCUT2D eigenvalue weighted by atomic mass is 35.5. The molecule has 0 saturated heterocycles. The van der Waals surface area contributed by atoms with Crippen LogP contribution in [0.3, 0.4) is 0 Å². The Balaban J connectivity index is 2.43. The van der Waals surface area contributed by atoms with Gasteiger partial charge in [0.1, 0.15) is 16.7 Å². The zero-order valence-corrected chi connectivity index (χ0v) is 12.0. The van der Waals surface area contributed by atoms with Gasteiger partial charge in [-0.15, -0.1) is 0 Å². The molecule has 1 aromatic heterocycles. The van der Waals surface area contributed by atoms with Gasteiger partial charge in [0, 0.05) is 0 Å². The number of anilines is 1. The summed E-state index contributed by atoms with van der Waals surface area (Å²) in [7, 11) is 0. The van der Waals surface area contributed by atoms with Crippen molar-refractivity contribution in [1.82, 2.24) is 9.78 Å². The van der Waals surface area contributed by atoms with Gasteiger partial charge in [-0.1, -0.05) is 32.4 Å². The highest BCUT2D eigenvalue weighted by Crippen LogP contribution is 2.30. The van der Waals surface area contributed by atoms with Crippen LogP contribution in [0, 0.1) is 11.2 Å². The van der Waals surface area contributed by atoms with Crippen molar-refractivity contribution < 1.29 is 4.39 Å². The number of hydrogen-bond donors (Lipinski definition) is 1. The molecule has 0 saturated carbocycles. The standard InChI is InChI=1S/C14H17ClFN3/c1-14(2,3)8-11-12(15)13(17)19(18-11)10-6-4-9(16)5-7-10/h4-7H,8,17H2,1-3H3. The van der Waals surface area contributed by atoms with Crippen LogP contribution < -0.4 is 5.73 Å². The third-order valence-electron chi connectivity index (χ3n) is 2.70. The topological polar surface area (TPSA) is 43.8 Å². The van der Waals surface area contributed by atoms with Gasteiger partial charge in [0.05, 0.1) is 11.4 Å². The smallest absolute Gasteiger partial charge is 0.146 e. The van der Waals surface area contributed by atoms with E-state index in [-0.39, 0.29) is 11.2 Å². The second kappa shape index (κ2) is 4.85. The van der Waals surface area contributed by atoms with Gasteiger partial charge in [0.2, 0.25) is 0 Å². The Hall–Kier alpha value is -1.55. The summed E-state index contributed by atoms with van der Waals surface area (Å²) in [6.45, 7) is 6.32. The first-order chi connectivity index (χ1) is 8.78. The quantitative estimate of drug-likeness (QED) is 0.909. The summed E-state index contributed by atoms with van der Waals surface area (Å²) in [6, 6.07) is 5.98. The van der Waals surface area contributed by atoms with Gasteiger partial charge in [0.25, 0.3) is 0 Å². The van der Waals surface area contributed by atoms with E-state index in [4.69, 9.17) is 17.3 Å². The summed E-state index contributed by atoms with van der Waals surface area (Å²) in [5, 5.41) is 4.90. The summed E-state index contributed by atoms with van der Waals surface area (Å²) in [5.74, 6) is 0.0861. The monoisotopic (exact) mass is 281 g/mol. The molecule has 0 fully saturated rings. The fraction of sp³-hybridized carbons (Fsp3) is 0.357. The van der Waals surface area contributed by atoms with Crippen molar-refractivity contribution in [1.29, 1.82) is 0 Å². The number of nitrogens with two attached hydrogens (primary N) is 1. The van der Waals surface area contributed by atoms with Crippen LogP contribution in [0.5, 0.6) is 0 Å². The number of rotatable bonds is 2. The summed E-state index contributed by atoms with van der Waals surface area (Å²) in [4.78, 5) is 0. The fourth-order valence-electron chi connectivity index (χ4n) is 1.85. The maximum atomic E-state index is 12.9. The van der Waals surface area contributed by atoms with E-state index in [1.165, 1.54) is 12.1 Å². The number of hydrogen-bond acceptors (Lipinski definition) is 2. The molecule has 19 heavy (non-hydrogen) atoms. The minimum Gasteiger partial charge on any atom is -0.382 e. The lowest BCUT2D eigenvalue weighted by Crippen LogP contribution is -2.10. The van der Waals surface area contributed by atoms with E-state index in [0.717, 1.165) is 12.1 Å². The summed E-state index contributed by atoms with van der Waals surface area (Å²) < 4.78 is 14.5. The lowest BCUT2D eigenvalue weighted by atomic mass is 9.91. The molecule has 102 valence electrons. The Kier molecular flexibility index (Phi) is 3.54. The molecule has 0 amide bonds. The molecule has 1 aromatic carbocycles. The SMILES string of the molecule is CC(C)(C)Cc1nn(-c2ccc(F)cc2)c(N)c1Cl. The van der Waals surface area contributed by atoms with E-state index in [1.54, 1.807) is 16.8 Å². The molecule has 0 aliphatic carbocycles. The molecule has 0 spiro atoms. The maximum Gasteiger partial charge on any atom is 0.146 e. The van der Waals surface area contributed by atoms with E-state index < -0.39 is 0 Å². The highest BCUT2D eigenvalue weighted by molar-refractivity contribution is 6.33. The minimum atomic E-state index is -0.296. The molecule has 0 bridgehead atoms. The van der Waals surface area contributed by atoms with Gasteiger partial charge in [-0.05, 0) is 36.1 Å². The van der Waals surface area contributed by atoms with Gasteiger partial charge < -0.3 is 5.73 Å². The van der Waals surface area contributed by atoms with Gasteiger partial charge in [-0.3, -0.25) is 0 Å². The van der Waals surface area contributed by atoms with Crippen LogP contribution in [0.4, 0.5) is 10.2 Å². The second-order valence-electron chi connectivity index (χ2n) is 5.77. The second-order valence-corrected chi connectivity index (χ2v) is 6.15. The first-order valence-electron chi connectivity index (χ1n) is 6.07. The summed E-state index contributed by atoms with van der Waals surface area (Å²) in [6.07, 6.45) is 0.726. The van der Waals surface area contributed by atoms with Crippen LogP contribution in [-0.2, 0) is 6.42 Å². The van der Waals surface area contributed by atoms with Gasteiger partial charge in [-0.2, -0.15) is 5.10 Å². The Morgan fingerprint density at radius 1 is 1.26 bits per heavy atom. The van der Waals surface area contributed by atoms with Crippen molar-refractivity contribution in [2.75, 3.05) is 5.73 Å². The zero-order chi connectivity index (χ0) is 14.2. The molecule has 1 heterocycles. The van der Waals surface area contributed by atoms with Gasteiger partial charge in [0.15, 0.2) is 0 Å². The maximum absolute atomic E-state index is 12.9. The molecule has 2 rings (SSSR count). The third-order valence-corrected chi connectivity index (χ3v) is 3.11. The first kappa shape index (κ1) is 13.9. The number of nitrogen functional groups attached to an aromatic ring is 1. The minimum absolute atomic E-state index is 0.0675. The van der Waals surface area contributed by atoms with Crippen LogP contribution in [0.15, 0.2) is 24.3 Å². The average molecular weight is 282 g/mol. The Morgan fingerprint density at radius 2 is 1.84 bits per heavy atom. The van der Waals surface area contributed by atoms with E-state index >= 15 is 0 Å². The normalized spacial score (nSPS) is 11.8. The third kappa shape index (κ3) is 3.07. The van der Waals surface area contributed by atoms with E-state index in [2.05, 4.69) is 25.9 Å². The van der Waals surface area contributed by atoms with Crippen LogP contribution in [-0.4, -0.2) is 9.78 Å². The Labute approximate surface area is 117 Å². The van der Waals surface area contributed by atoms with E-state index in [9.17, 15) is 4.39 Å². The van der Waals surface area contributed by atoms with Crippen molar-refractivity contribution in [3.05, 3.63) is 40.8 Å². The zero-order valence-electron chi connectivity index (χ0n) is 11.2. The molecule has 0 radical (unpaired) electrons. The number of aromatic nitrogens is 2. The van der Waals surface area contributed by atoms with Gasteiger partial charge in [-0.25, -0.2) is 9.07 Å². The number of nitrogens with zero attached hydrogens (tertiary/aromatic N) is 2. The largest absolute Gasteiger partial charge is 0.382 e. The van der Waals surface area contributed by atoms with E-state index in [1.807, 2.05) is 0 Å². The molecule has 2 aromatic rings. The predicted octanol–water partition coefficient (Wildman–Crippen LogP) is 3.84. The van der Waals surface area contributed by atoms with Crippen LogP contribution in [0.2, 0.25) is 5.02 Å². The molecule has 0 aliphatic rings. The number of benzene rings is 1. The van der Waals surface area contributed by atoms with Crippen molar-refractivity contribution in [3.8, 4) is 5.69 Å². The van der Waals surface area contributed by atoms with Crippen LogP contribution in [0.1, 0.15) is 26.5 Å². The van der Waals surface area contributed by atoms with Crippen molar-refractivity contribution in [2.45, 2.75) is 27.2 Å². The molecule has 0 aliphatic heterocycles. The molecule has 0 atom stereocenters. The molecule has 5 heteroatoms. The predicted molar refractivity (Wildman–Crippen MR) is 76.1 cm³/mol.